The van der Waals surface area contributed by atoms with Crippen molar-refractivity contribution in [2.24, 2.45) is 0 Å². The van der Waals surface area contributed by atoms with E-state index in [4.69, 9.17) is 0 Å². The predicted molar refractivity (Wildman–Crippen MR) is 58.3 cm³/mol. The summed E-state index contributed by atoms with van der Waals surface area (Å²) in [5, 5.41) is 10.9. The van der Waals surface area contributed by atoms with Crippen LogP contribution in [0.4, 0.5) is 4.39 Å². The van der Waals surface area contributed by atoms with Gasteiger partial charge in [0.2, 0.25) is 5.95 Å². The van der Waals surface area contributed by atoms with Crippen LogP contribution in [0.25, 0.3) is 0 Å². The van der Waals surface area contributed by atoms with Gasteiger partial charge in [-0.1, -0.05) is 12.8 Å². The fourth-order valence-corrected chi connectivity index (χ4v) is 2.48. The lowest BCUT2D eigenvalue weighted by Crippen LogP contribution is -2.23. The van der Waals surface area contributed by atoms with Gasteiger partial charge in [-0.15, -0.1) is 11.8 Å². The lowest BCUT2D eigenvalue weighted by atomic mass is 9.93. The summed E-state index contributed by atoms with van der Waals surface area (Å²) in [6.45, 7) is 0. The van der Waals surface area contributed by atoms with Crippen molar-refractivity contribution < 1.29 is 9.50 Å². The Morgan fingerprint density at radius 3 is 2.60 bits per heavy atom. The molecule has 0 radical (unpaired) electrons. The second kappa shape index (κ2) is 4.10. The Balaban J connectivity index is 2.36. The second-order valence-corrected chi connectivity index (χ2v) is 4.76. The first-order chi connectivity index (χ1) is 7.15. The van der Waals surface area contributed by atoms with Gasteiger partial charge >= 0.3 is 0 Å². The molecule has 0 aliphatic heterocycles. The van der Waals surface area contributed by atoms with E-state index in [0.717, 1.165) is 12.8 Å². The number of pyridine rings is 1. The molecule has 1 fully saturated rings. The van der Waals surface area contributed by atoms with Crippen LogP contribution in [0.2, 0.25) is 0 Å². The summed E-state index contributed by atoms with van der Waals surface area (Å²) in [6.07, 6.45) is 5.06. The van der Waals surface area contributed by atoms with E-state index in [0.29, 0.717) is 23.4 Å². The summed E-state index contributed by atoms with van der Waals surface area (Å²) in [7, 11) is 0. The maximum atomic E-state index is 13.6. The lowest BCUT2D eigenvalue weighted by molar-refractivity contribution is 0.0398. The molecule has 1 aromatic heterocycles. The van der Waals surface area contributed by atoms with Crippen molar-refractivity contribution in [3.8, 4) is 0 Å². The molecule has 1 N–H and O–H groups in total. The summed E-state index contributed by atoms with van der Waals surface area (Å²) in [4.78, 5) is 3.82. The van der Waals surface area contributed by atoms with Gasteiger partial charge < -0.3 is 5.11 Å². The molecule has 1 heterocycles. The number of hydrogen-bond donors (Lipinski definition) is 1. The van der Waals surface area contributed by atoms with Crippen molar-refractivity contribution >= 4 is 11.8 Å². The highest BCUT2D eigenvalue weighted by Crippen LogP contribution is 2.39. The standard InChI is InChI=1S/C11H14FNOS/c1-15-9-5-4-8(10(12)13-9)11(14)6-2-3-7-11/h4-5,14H,2-3,6-7H2,1H3. The molecule has 0 saturated heterocycles. The first kappa shape index (κ1) is 10.9. The SMILES string of the molecule is CSc1ccc(C2(O)CCCC2)c(F)n1. The average molecular weight is 227 g/mol. The smallest absolute Gasteiger partial charge is 0.220 e. The van der Waals surface area contributed by atoms with Gasteiger partial charge in [-0.25, -0.2) is 4.98 Å². The molecule has 1 aliphatic rings. The molecule has 1 aromatic rings. The van der Waals surface area contributed by atoms with Gasteiger partial charge in [-0.2, -0.15) is 4.39 Å². The Bertz CT molecular complexity index is 364. The Morgan fingerprint density at radius 2 is 2.07 bits per heavy atom. The Labute approximate surface area is 92.9 Å². The van der Waals surface area contributed by atoms with Crippen LogP contribution in [-0.4, -0.2) is 16.3 Å². The second-order valence-electron chi connectivity index (χ2n) is 3.93. The number of hydrogen-bond acceptors (Lipinski definition) is 3. The molecule has 15 heavy (non-hydrogen) atoms. The third-order valence-corrected chi connectivity index (χ3v) is 3.61. The molecule has 82 valence electrons. The minimum atomic E-state index is -0.978. The van der Waals surface area contributed by atoms with E-state index in [1.54, 1.807) is 12.1 Å². The van der Waals surface area contributed by atoms with E-state index in [2.05, 4.69) is 4.98 Å². The predicted octanol–water partition coefficient (Wildman–Crippen LogP) is 2.70. The molecule has 2 rings (SSSR count). The molecule has 0 aromatic carbocycles. The van der Waals surface area contributed by atoms with Gasteiger partial charge in [0.05, 0.1) is 10.6 Å². The first-order valence-corrected chi connectivity index (χ1v) is 6.31. The lowest BCUT2D eigenvalue weighted by Gasteiger charge is -2.22. The molecule has 4 heteroatoms. The van der Waals surface area contributed by atoms with Crippen LogP contribution in [0.5, 0.6) is 0 Å². The van der Waals surface area contributed by atoms with Crippen molar-refractivity contribution in [1.82, 2.24) is 4.98 Å². The van der Waals surface area contributed by atoms with E-state index in [1.807, 2.05) is 6.26 Å². The quantitative estimate of drug-likeness (QED) is 0.623. The maximum absolute atomic E-state index is 13.6. The minimum absolute atomic E-state index is 0.359. The van der Waals surface area contributed by atoms with Gasteiger partial charge in [-0.3, -0.25) is 0 Å². The highest BCUT2D eigenvalue weighted by atomic mass is 32.2. The van der Waals surface area contributed by atoms with Crippen LogP contribution < -0.4 is 0 Å². The largest absolute Gasteiger partial charge is 0.385 e. The van der Waals surface area contributed by atoms with E-state index in [9.17, 15) is 9.50 Å². The number of thioether (sulfide) groups is 1. The number of halogens is 1. The molecule has 0 atom stereocenters. The normalized spacial score (nSPS) is 19.4. The zero-order chi connectivity index (χ0) is 10.9. The molecule has 0 amide bonds. The molecule has 1 saturated carbocycles. The highest BCUT2D eigenvalue weighted by molar-refractivity contribution is 7.98. The Kier molecular flexibility index (Phi) is 2.98. The van der Waals surface area contributed by atoms with Gasteiger partial charge in [-0.05, 0) is 31.2 Å². The molecule has 1 aliphatic carbocycles. The van der Waals surface area contributed by atoms with Crippen molar-refractivity contribution in [2.45, 2.75) is 36.3 Å². The average Bonchev–Trinajstić information content (AvgIpc) is 2.65. The van der Waals surface area contributed by atoms with Crippen LogP contribution >= 0.6 is 11.8 Å². The third-order valence-electron chi connectivity index (χ3n) is 2.96. The number of nitrogens with zero attached hydrogens (tertiary/aromatic N) is 1. The van der Waals surface area contributed by atoms with E-state index < -0.39 is 11.5 Å². The molecular weight excluding hydrogens is 213 g/mol. The summed E-state index contributed by atoms with van der Waals surface area (Å²) < 4.78 is 13.6. The zero-order valence-corrected chi connectivity index (χ0v) is 9.48. The van der Waals surface area contributed by atoms with Gasteiger partial charge in [0.25, 0.3) is 0 Å². The summed E-state index contributed by atoms with van der Waals surface area (Å²) in [6, 6.07) is 3.43. The van der Waals surface area contributed by atoms with Crippen LogP contribution in [0.3, 0.4) is 0 Å². The van der Waals surface area contributed by atoms with Gasteiger partial charge in [0.1, 0.15) is 0 Å². The van der Waals surface area contributed by atoms with Crippen LogP contribution in [0.15, 0.2) is 17.2 Å². The summed E-state index contributed by atoms with van der Waals surface area (Å²) in [5.74, 6) is -0.522. The van der Waals surface area contributed by atoms with Crippen molar-refractivity contribution in [3.63, 3.8) is 0 Å². The van der Waals surface area contributed by atoms with Gasteiger partial charge in [0, 0.05) is 5.56 Å². The molecular formula is C11H14FNOS. The topological polar surface area (TPSA) is 33.1 Å². The van der Waals surface area contributed by atoms with E-state index >= 15 is 0 Å². The van der Waals surface area contributed by atoms with Gasteiger partial charge in [0.15, 0.2) is 0 Å². The summed E-state index contributed by atoms with van der Waals surface area (Å²) in [5.41, 5.74) is -0.619. The molecule has 0 unspecified atom stereocenters. The number of aliphatic hydroxyl groups is 1. The van der Waals surface area contributed by atoms with Crippen LogP contribution in [0.1, 0.15) is 31.2 Å². The van der Waals surface area contributed by atoms with Crippen LogP contribution in [0, 0.1) is 5.95 Å². The van der Waals surface area contributed by atoms with E-state index in [1.165, 1.54) is 11.8 Å². The first-order valence-electron chi connectivity index (χ1n) is 5.09. The third kappa shape index (κ3) is 2.01. The van der Waals surface area contributed by atoms with Crippen molar-refractivity contribution in [3.05, 3.63) is 23.6 Å². The minimum Gasteiger partial charge on any atom is -0.385 e. The van der Waals surface area contributed by atoms with Crippen molar-refractivity contribution in [1.29, 1.82) is 0 Å². The van der Waals surface area contributed by atoms with Crippen molar-refractivity contribution in [2.75, 3.05) is 6.26 Å². The monoisotopic (exact) mass is 227 g/mol. The molecule has 0 spiro atoms. The Morgan fingerprint density at radius 1 is 1.40 bits per heavy atom. The Hall–Kier alpha value is -0.610. The number of rotatable bonds is 2. The molecule has 0 bridgehead atoms. The fourth-order valence-electron chi connectivity index (χ4n) is 2.11. The summed E-state index contributed by atoms with van der Waals surface area (Å²) >= 11 is 1.40. The van der Waals surface area contributed by atoms with E-state index in [-0.39, 0.29) is 0 Å². The highest BCUT2D eigenvalue weighted by Gasteiger charge is 2.35. The molecule has 2 nitrogen and oxygen atoms in total. The zero-order valence-electron chi connectivity index (χ0n) is 8.66. The van der Waals surface area contributed by atoms with Crippen LogP contribution in [-0.2, 0) is 5.60 Å². The fraction of sp³-hybridized carbons (Fsp3) is 0.545. The maximum Gasteiger partial charge on any atom is 0.220 e. The number of aromatic nitrogens is 1.